The van der Waals surface area contributed by atoms with Crippen molar-refractivity contribution in [1.82, 2.24) is 0 Å². The smallest absolute Gasteiger partial charge is 0.314 e. The van der Waals surface area contributed by atoms with Gasteiger partial charge in [-0.2, -0.15) is 0 Å². The van der Waals surface area contributed by atoms with Gasteiger partial charge in [-0.05, 0) is 64.1 Å². The molecule has 0 amide bonds. The minimum atomic E-state index is -2.29. The lowest BCUT2D eigenvalue weighted by Gasteiger charge is -2.40. The van der Waals surface area contributed by atoms with E-state index >= 15 is 0 Å². The van der Waals surface area contributed by atoms with E-state index in [-0.39, 0.29) is 0 Å². The Bertz CT molecular complexity index is 514. The molecule has 0 saturated heterocycles. The van der Waals surface area contributed by atoms with Crippen LogP contribution < -0.4 is 5.19 Å². The first-order valence-corrected chi connectivity index (χ1v) is 21.6. The Morgan fingerprint density at radius 3 is 1.58 bits per heavy atom. The molecule has 0 aromatic heterocycles. The Morgan fingerprint density at radius 2 is 1.08 bits per heavy atom. The van der Waals surface area contributed by atoms with E-state index in [9.17, 15) is 0 Å². The highest BCUT2D eigenvalue weighted by molar-refractivity contribution is 6.89. The summed E-state index contributed by atoms with van der Waals surface area (Å²) in [6.07, 6.45) is 0. The summed E-state index contributed by atoms with van der Waals surface area (Å²) in [5.41, 5.74) is 0. The van der Waals surface area contributed by atoms with Gasteiger partial charge in [0.2, 0.25) is 0 Å². The highest BCUT2D eigenvalue weighted by Gasteiger charge is 2.43. The number of rotatable bonds is 9. The van der Waals surface area contributed by atoms with Crippen molar-refractivity contribution in [2.45, 2.75) is 58.9 Å². The zero-order chi connectivity index (χ0) is 18.6. The predicted octanol–water partition coefficient (Wildman–Crippen LogP) is 3.40. The van der Waals surface area contributed by atoms with Crippen molar-refractivity contribution in [2.24, 2.45) is 0 Å². The van der Waals surface area contributed by atoms with Gasteiger partial charge in [-0.3, -0.25) is 0 Å². The van der Waals surface area contributed by atoms with Gasteiger partial charge in [0, 0.05) is 0 Å². The molecule has 0 radical (unpaired) electrons. The molecule has 0 unspecified atom stereocenters. The Balaban J connectivity index is 2.63. The molecule has 1 aromatic rings. The first-order valence-electron chi connectivity index (χ1n) is 8.48. The van der Waals surface area contributed by atoms with Crippen LogP contribution in [0, 0.1) is 0 Å². The fraction of sp³-hybridized carbons (Fsp3) is 0.600. The minimum Gasteiger partial charge on any atom is -0.438 e. The van der Waals surface area contributed by atoms with Gasteiger partial charge in [-0.15, -0.1) is 0 Å². The monoisotopic (exact) mass is 418 g/mol. The number of hydrogen-bond acceptors (Lipinski definition) is 4. The third-order valence-corrected chi connectivity index (χ3v) is 19.4. The Kier molecular flexibility index (Phi) is 7.60. The highest BCUT2D eigenvalue weighted by Crippen LogP contribution is 2.23. The molecule has 24 heavy (non-hydrogen) atoms. The van der Waals surface area contributed by atoms with Crippen molar-refractivity contribution in [3.63, 3.8) is 0 Å². The molecule has 1 rings (SSSR count). The van der Waals surface area contributed by atoms with Gasteiger partial charge in [-0.25, -0.2) is 0 Å². The molecule has 0 atom stereocenters. The van der Waals surface area contributed by atoms with E-state index in [0.29, 0.717) is 0 Å². The van der Waals surface area contributed by atoms with Crippen LogP contribution >= 0.6 is 0 Å². The van der Waals surface area contributed by atoms with Crippen molar-refractivity contribution >= 4 is 48.9 Å². The molecule has 4 nitrogen and oxygen atoms in total. The minimum absolute atomic E-state index is 0.764. The molecule has 0 N–H and O–H groups in total. The fourth-order valence-corrected chi connectivity index (χ4v) is 22.6. The summed E-state index contributed by atoms with van der Waals surface area (Å²) in [6, 6.07) is 10.4. The van der Waals surface area contributed by atoms with E-state index < -0.39 is 43.8 Å². The summed E-state index contributed by atoms with van der Waals surface area (Å²) >= 11 is 0. The molecule has 0 aliphatic carbocycles. The maximum Gasteiger partial charge on any atom is 0.314 e. The average Bonchev–Trinajstić information content (AvgIpc) is 2.31. The van der Waals surface area contributed by atoms with E-state index in [0.717, 1.165) is 0 Å². The van der Waals surface area contributed by atoms with E-state index in [2.05, 4.69) is 83.2 Å². The Hall–Kier alpha value is 0.144. The largest absolute Gasteiger partial charge is 0.438 e. The second-order valence-electron chi connectivity index (χ2n) is 8.39. The molecular weight excluding hydrogens is 385 g/mol. The number of benzene rings is 1. The molecular formula is C15H34O4Si5. The summed E-state index contributed by atoms with van der Waals surface area (Å²) in [5.74, 6) is 0. The highest BCUT2D eigenvalue weighted by atomic mass is 28.5. The molecule has 0 saturated carbocycles. The normalized spacial score (nSPS) is 14.5. The molecule has 0 fully saturated rings. The maximum atomic E-state index is 6.44. The van der Waals surface area contributed by atoms with Crippen molar-refractivity contribution in [2.75, 3.05) is 0 Å². The van der Waals surface area contributed by atoms with Gasteiger partial charge in [-0.1, -0.05) is 30.3 Å². The summed E-state index contributed by atoms with van der Waals surface area (Å²) in [4.78, 5) is 0. The second kappa shape index (κ2) is 8.23. The predicted molar refractivity (Wildman–Crippen MR) is 115 cm³/mol. The Morgan fingerprint density at radius 1 is 0.625 bits per heavy atom. The zero-order valence-electron chi connectivity index (χ0n) is 16.7. The number of hydrogen-bond donors (Lipinski definition) is 0. The van der Waals surface area contributed by atoms with E-state index in [1.807, 2.05) is 6.07 Å². The van der Waals surface area contributed by atoms with Crippen LogP contribution in [-0.4, -0.2) is 43.8 Å². The van der Waals surface area contributed by atoms with Crippen molar-refractivity contribution in [3.8, 4) is 0 Å². The topological polar surface area (TPSA) is 36.9 Å². The molecule has 0 aliphatic rings. The van der Waals surface area contributed by atoms with Crippen LogP contribution in [0.2, 0.25) is 58.9 Å². The molecule has 0 aliphatic heterocycles. The van der Waals surface area contributed by atoms with Gasteiger partial charge < -0.3 is 16.5 Å². The first kappa shape index (κ1) is 22.2. The first-order chi connectivity index (χ1) is 10.7. The van der Waals surface area contributed by atoms with Gasteiger partial charge in [0.15, 0.2) is 18.1 Å². The molecule has 9 heteroatoms. The van der Waals surface area contributed by atoms with Crippen LogP contribution in [0.25, 0.3) is 0 Å². The lowest BCUT2D eigenvalue weighted by molar-refractivity contribution is 0.304. The van der Waals surface area contributed by atoms with Crippen molar-refractivity contribution in [3.05, 3.63) is 30.3 Å². The lowest BCUT2D eigenvalue weighted by Crippen LogP contribution is -2.57. The molecule has 138 valence electrons. The third kappa shape index (κ3) is 9.58. The van der Waals surface area contributed by atoms with Crippen LogP contribution in [0.1, 0.15) is 0 Å². The molecule has 0 spiro atoms. The van der Waals surface area contributed by atoms with Gasteiger partial charge in [0.1, 0.15) is 0 Å². The summed E-state index contributed by atoms with van der Waals surface area (Å²) in [7, 11) is -9.07. The van der Waals surface area contributed by atoms with Crippen molar-refractivity contribution < 1.29 is 16.5 Å². The van der Waals surface area contributed by atoms with Gasteiger partial charge >= 0.3 is 25.7 Å². The third-order valence-electron chi connectivity index (χ3n) is 2.96. The van der Waals surface area contributed by atoms with Crippen molar-refractivity contribution in [1.29, 1.82) is 0 Å². The average molecular weight is 419 g/mol. The van der Waals surface area contributed by atoms with E-state index in [1.54, 1.807) is 0 Å². The summed E-state index contributed by atoms with van der Waals surface area (Å²) in [5, 5.41) is 1.30. The van der Waals surface area contributed by atoms with Crippen LogP contribution in [0.5, 0.6) is 0 Å². The van der Waals surface area contributed by atoms with Crippen LogP contribution in [0.15, 0.2) is 30.3 Å². The quantitative estimate of drug-likeness (QED) is 0.576. The molecule has 1 aromatic carbocycles. The maximum absolute atomic E-state index is 6.44. The lowest BCUT2D eigenvalue weighted by atomic mass is 10.4. The zero-order valence-corrected chi connectivity index (χ0v) is 22.1. The van der Waals surface area contributed by atoms with Gasteiger partial charge in [0.05, 0.1) is 0 Å². The molecule has 0 bridgehead atoms. The fourth-order valence-electron chi connectivity index (χ4n) is 2.82. The Labute approximate surface area is 154 Å². The second-order valence-corrected chi connectivity index (χ2v) is 25.7. The van der Waals surface area contributed by atoms with Crippen LogP contribution in [0.4, 0.5) is 0 Å². The van der Waals surface area contributed by atoms with Crippen LogP contribution in [-0.2, 0) is 16.5 Å². The van der Waals surface area contributed by atoms with E-state index in [1.165, 1.54) is 5.19 Å². The van der Waals surface area contributed by atoms with Gasteiger partial charge in [0.25, 0.3) is 0 Å². The summed E-state index contributed by atoms with van der Waals surface area (Å²) in [6.45, 7) is 19.3. The summed E-state index contributed by atoms with van der Waals surface area (Å²) < 4.78 is 25.4. The SMILES string of the molecule is C[Si](C)(C)O[Si](C)(C)O[Si](C)(C)O[Si](C)(C)O[SiH2]c1ccccc1. The standard InChI is InChI=1S/C15H34O4Si5/c1-21(2,3)17-23(6,7)19-24(8,9)18-22(4,5)16-20-15-13-11-10-12-14-15/h10-14H,20H2,1-9H3. The van der Waals surface area contributed by atoms with Crippen LogP contribution in [0.3, 0.4) is 0 Å². The molecule has 0 heterocycles. The van der Waals surface area contributed by atoms with E-state index in [4.69, 9.17) is 16.5 Å².